The standard InChI is InChI=1S/C11H7N3O/c15-10-2-1-8-4-12-5-9-6-13-7-14(9)11(8)3-10/h1-7H. The van der Waals surface area contributed by atoms with Gasteiger partial charge in [-0.1, -0.05) is 0 Å². The molecular weight excluding hydrogens is 190 g/mol. The third-order valence-corrected chi connectivity index (χ3v) is 2.35. The number of nitrogens with zero attached hydrogens (tertiary/aromatic N) is 3. The van der Waals surface area contributed by atoms with E-state index in [1.54, 1.807) is 37.1 Å². The third kappa shape index (κ3) is 1.19. The van der Waals surface area contributed by atoms with Crippen molar-refractivity contribution in [2.45, 2.75) is 0 Å². The molecule has 0 atom stereocenters. The number of imidazole rings is 1. The molecule has 1 aliphatic carbocycles. The van der Waals surface area contributed by atoms with Gasteiger partial charge in [-0.15, -0.1) is 0 Å². The van der Waals surface area contributed by atoms with Gasteiger partial charge in [0.05, 0.1) is 29.9 Å². The van der Waals surface area contributed by atoms with Crippen molar-refractivity contribution in [1.82, 2.24) is 14.4 Å². The molecule has 15 heavy (non-hydrogen) atoms. The van der Waals surface area contributed by atoms with Crippen molar-refractivity contribution in [2.24, 2.45) is 0 Å². The smallest absolute Gasteiger partial charge is 0.180 e. The number of hydrogen-bond donors (Lipinski definition) is 0. The monoisotopic (exact) mass is 197 g/mol. The van der Waals surface area contributed by atoms with E-state index in [2.05, 4.69) is 9.97 Å². The molecule has 0 spiro atoms. The lowest BCUT2D eigenvalue weighted by molar-refractivity contribution is 1.16. The van der Waals surface area contributed by atoms with E-state index in [9.17, 15) is 4.79 Å². The van der Waals surface area contributed by atoms with Crippen molar-refractivity contribution in [3.05, 3.63) is 53.3 Å². The first-order valence-corrected chi connectivity index (χ1v) is 4.55. The van der Waals surface area contributed by atoms with Crippen LogP contribution in [-0.4, -0.2) is 14.4 Å². The molecule has 0 saturated heterocycles. The lowest BCUT2D eigenvalue weighted by Crippen LogP contribution is -1.99. The fraction of sp³-hybridized carbons (Fsp3) is 0. The number of fused-ring (bicyclic) bond motifs is 3. The Morgan fingerprint density at radius 3 is 2.87 bits per heavy atom. The molecule has 1 aromatic rings. The molecule has 0 bridgehead atoms. The van der Waals surface area contributed by atoms with Crippen molar-refractivity contribution in [3.63, 3.8) is 0 Å². The van der Waals surface area contributed by atoms with Gasteiger partial charge >= 0.3 is 0 Å². The molecular formula is C11H7N3O. The van der Waals surface area contributed by atoms with Crippen LogP contribution in [0.5, 0.6) is 0 Å². The maximum atomic E-state index is 11.3. The third-order valence-electron chi connectivity index (χ3n) is 2.35. The van der Waals surface area contributed by atoms with Gasteiger partial charge in [0.2, 0.25) is 0 Å². The largest absolute Gasteiger partial charge is 0.297 e. The van der Waals surface area contributed by atoms with E-state index in [-0.39, 0.29) is 5.43 Å². The summed E-state index contributed by atoms with van der Waals surface area (Å²) in [4.78, 5) is 19.5. The fourth-order valence-electron chi connectivity index (χ4n) is 1.64. The van der Waals surface area contributed by atoms with Gasteiger partial charge in [0.25, 0.3) is 0 Å². The zero-order valence-corrected chi connectivity index (χ0v) is 7.79. The summed E-state index contributed by atoms with van der Waals surface area (Å²) in [6.07, 6.45) is 6.85. The Bertz CT molecular complexity index is 659. The minimum Gasteiger partial charge on any atom is -0.297 e. The van der Waals surface area contributed by atoms with Gasteiger partial charge in [0.1, 0.15) is 0 Å². The van der Waals surface area contributed by atoms with E-state index in [1.165, 1.54) is 6.07 Å². The van der Waals surface area contributed by atoms with Crippen molar-refractivity contribution >= 4 is 5.52 Å². The van der Waals surface area contributed by atoms with Crippen molar-refractivity contribution in [3.8, 4) is 11.3 Å². The summed E-state index contributed by atoms with van der Waals surface area (Å²) in [5.74, 6) is 0. The molecule has 0 unspecified atom stereocenters. The fourth-order valence-corrected chi connectivity index (χ4v) is 1.64. The minimum absolute atomic E-state index is 0.0105. The van der Waals surface area contributed by atoms with Crippen LogP contribution >= 0.6 is 0 Å². The van der Waals surface area contributed by atoms with Gasteiger partial charge in [0, 0.05) is 17.8 Å². The normalized spacial score (nSPS) is 10.9. The average molecular weight is 197 g/mol. The minimum atomic E-state index is -0.0105. The van der Waals surface area contributed by atoms with Crippen LogP contribution in [-0.2, 0) is 0 Å². The average Bonchev–Trinajstić information content (AvgIpc) is 2.62. The second-order valence-electron chi connectivity index (χ2n) is 3.32. The van der Waals surface area contributed by atoms with Gasteiger partial charge in [-0.3, -0.25) is 14.2 Å². The van der Waals surface area contributed by atoms with Crippen LogP contribution < -0.4 is 5.43 Å². The van der Waals surface area contributed by atoms with Crippen LogP contribution in [0.25, 0.3) is 16.8 Å². The molecule has 0 N–H and O–H groups in total. The predicted octanol–water partition coefficient (Wildman–Crippen LogP) is 1.19. The van der Waals surface area contributed by atoms with Crippen LogP contribution in [0, 0.1) is 0 Å². The quantitative estimate of drug-likeness (QED) is 0.544. The molecule has 4 heteroatoms. The molecule has 1 aliphatic heterocycles. The molecule has 0 aromatic carbocycles. The molecule has 0 amide bonds. The highest BCUT2D eigenvalue weighted by Gasteiger charge is 2.05. The Kier molecular flexibility index (Phi) is 1.56. The Hall–Kier alpha value is -2.23. The summed E-state index contributed by atoms with van der Waals surface area (Å²) < 4.78 is 1.85. The van der Waals surface area contributed by atoms with E-state index in [0.717, 1.165) is 16.8 Å². The summed E-state index contributed by atoms with van der Waals surface area (Å²) >= 11 is 0. The molecule has 3 rings (SSSR count). The van der Waals surface area contributed by atoms with Gasteiger partial charge in [-0.2, -0.15) is 0 Å². The SMILES string of the molecule is O=c1ccc2cncc3cncn3c-2c1. The topological polar surface area (TPSA) is 47.3 Å². The van der Waals surface area contributed by atoms with Crippen molar-refractivity contribution < 1.29 is 0 Å². The number of benzene rings is 1. The molecule has 4 nitrogen and oxygen atoms in total. The van der Waals surface area contributed by atoms with Gasteiger partial charge in [-0.25, -0.2) is 4.98 Å². The van der Waals surface area contributed by atoms with Crippen molar-refractivity contribution in [2.75, 3.05) is 0 Å². The first kappa shape index (κ1) is 8.11. The first-order chi connectivity index (χ1) is 7.34. The Morgan fingerprint density at radius 1 is 1.07 bits per heavy atom. The van der Waals surface area contributed by atoms with Gasteiger partial charge in [-0.05, 0) is 12.1 Å². The molecule has 1 aromatic heterocycles. The highest BCUT2D eigenvalue weighted by molar-refractivity contribution is 5.63. The molecule has 72 valence electrons. The van der Waals surface area contributed by atoms with E-state index in [1.807, 2.05) is 4.40 Å². The van der Waals surface area contributed by atoms with E-state index in [0.29, 0.717) is 0 Å². The van der Waals surface area contributed by atoms with Crippen LogP contribution in [0.4, 0.5) is 0 Å². The van der Waals surface area contributed by atoms with E-state index >= 15 is 0 Å². The van der Waals surface area contributed by atoms with E-state index < -0.39 is 0 Å². The van der Waals surface area contributed by atoms with Crippen LogP contribution in [0.3, 0.4) is 0 Å². The molecule has 2 heterocycles. The summed E-state index contributed by atoms with van der Waals surface area (Å²) in [6, 6.07) is 4.89. The summed E-state index contributed by atoms with van der Waals surface area (Å²) in [5, 5.41) is 0. The molecule has 0 saturated carbocycles. The Labute approximate surface area is 85.2 Å². The zero-order valence-electron chi connectivity index (χ0n) is 7.79. The number of aromatic nitrogens is 3. The number of hydrogen-bond acceptors (Lipinski definition) is 3. The molecule has 0 fully saturated rings. The summed E-state index contributed by atoms with van der Waals surface area (Å²) in [5.41, 5.74) is 2.61. The summed E-state index contributed by atoms with van der Waals surface area (Å²) in [6.45, 7) is 0. The highest BCUT2D eigenvalue weighted by Crippen LogP contribution is 2.17. The Balaban J connectivity index is 2.60. The lowest BCUT2D eigenvalue weighted by Gasteiger charge is -2.00. The van der Waals surface area contributed by atoms with Crippen molar-refractivity contribution in [1.29, 1.82) is 0 Å². The highest BCUT2D eigenvalue weighted by atomic mass is 16.1. The second kappa shape index (κ2) is 2.88. The van der Waals surface area contributed by atoms with Crippen LogP contribution in [0.2, 0.25) is 0 Å². The van der Waals surface area contributed by atoms with Gasteiger partial charge in [0.15, 0.2) is 5.43 Å². The summed E-state index contributed by atoms with van der Waals surface area (Å²) in [7, 11) is 0. The predicted molar refractivity (Wildman–Crippen MR) is 55.9 cm³/mol. The zero-order chi connectivity index (χ0) is 10.3. The maximum absolute atomic E-state index is 11.3. The molecule has 0 radical (unpaired) electrons. The first-order valence-electron chi connectivity index (χ1n) is 4.55. The number of rotatable bonds is 0. The van der Waals surface area contributed by atoms with E-state index in [4.69, 9.17) is 0 Å². The van der Waals surface area contributed by atoms with Gasteiger partial charge < -0.3 is 0 Å². The lowest BCUT2D eigenvalue weighted by atomic mass is 10.1. The van der Waals surface area contributed by atoms with Crippen LogP contribution in [0.15, 0.2) is 47.9 Å². The Morgan fingerprint density at radius 2 is 1.93 bits per heavy atom. The van der Waals surface area contributed by atoms with Crippen LogP contribution in [0.1, 0.15) is 0 Å². The second-order valence-corrected chi connectivity index (χ2v) is 3.32. The maximum Gasteiger partial charge on any atom is 0.180 e. The molecule has 2 aliphatic rings.